The Morgan fingerprint density at radius 3 is 2.28 bits per heavy atom. The van der Waals surface area contributed by atoms with Gasteiger partial charge in [-0.3, -0.25) is 28.9 Å². The summed E-state index contributed by atoms with van der Waals surface area (Å²) in [4.78, 5) is 78.2. The van der Waals surface area contributed by atoms with Crippen LogP contribution in [0, 0.1) is 11.8 Å². The Kier molecular flexibility index (Phi) is 19.1. The molecule has 3 aliphatic rings. The van der Waals surface area contributed by atoms with E-state index >= 15 is 0 Å². The Morgan fingerprint density at radius 2 is 1.67 bits per heavy atom. The van der Waals surface area contributed by atoms with E-state index in [4.69, 9.17) is 20.2 Å². The van der Waals surface area contributed by atoms with Crippen molar-refractivity contribution in [2.75, 3.05) is 25.9 Å². The molecule has 3 amide bonds. The van der Waals surface area contributed by atoms with E-state index in [0.717, 1.165) is 75.5 Å². The second-order valence-corrected chi connectivity index (χ2v) is 20.1. The van der Waals surface area contributed by atoms with Crippen molar-refractivity contribution in [3.63, 3.8) is 0 Å². The molecule has 14 heteroatoms. The highest BCUT2D eigenvalue weighted by molar-refractivity contribution is 7.09. The van der Waals surface area contributed by atoms with Gasteiger partial charge in [-0.1, -0.05) is 79.2 Å². The van der Waals surface area contributed by atoms with Gasteiger partial charge in [-0.05, 0) is 120 Å². The highest BCUT2D eigenvalue weighted by Gasteiger charge is 2.45. The van der Waals surface area contributed by atoms with E-state index in [9.17, 15) is 24.0 Å². The lowest BCUT2D eigenvalue weighted by Crippen LogP contribution is -2.64. The lowest BCUT2D eigenvalue weighted by molar-refractivity contribution is -0.152. The normalized spacial score (nSPS) is 23.1. The molecule has 356 valence electrons. The summed E-state index contributed by atoms with van der Waals surface area (Å²) in [6, 6.07) is 4.14. The number of likely N-dealkylation sites (tertiary alicyclic amines) is 1. The van der Waals surface area contributed by atoms with Gasteiger partial charge in [0, 0.05) is 43.0 Å². The van der Waals surface area contributed by atoms with E-state index in [0.29, 0.717) is 42.9 Å². The maximum Gasteiger partial charge on any atom is 0.313 e. The molecule has 1 aromatic carbocycles. The molecule has 0 spiro atoms. The molecule has 2 fully saturated rings. The van der Waals surface area contributed by atoms with Gasteiger partial charge in [0.2, 0.25) is 11.8 Å². The van der Waals surface area contributed by atoms with Crippen molar-refractivity contribution in [3.05, 3.63) is 45.4 Å². The summed E-state index contributed by atoms with van der Waals surface area (Å²) < 4.78 is 12.2. The summed E-state index contributed by atoms with van der Waals surface area (Å²) in [6.07, 6.45) is 14.1. The second kappa shape index (κ2) is 23.9. The number of nitrogen functional groups attached to an aromatic ring is 1. The fourth-order valence-electron chi connectivity index (χ4n) is 10.3. The van der Waals surface area contributed by atoms with Crippen LogP contribution in [0.5, 0.6) is 0 Å². The molecule has 4 N–H and O–H groups in total. The van der Waals surface area contributed by atoms with Crippen LogP contribution in [0.15, 0.2) is 23.6 Å². The summed E-state index contributed by atoms with van der Waals surface area (Å²) in [5.41, 5.74) is 8.13. The van der Waals surface area contributed by atoms with Crippen LogP contribution in [0.4, 0.5) is 5.69 Å². The van der Waals surface area contributed by atoms with Gasteiger partial charge in [-0.2, -0.15) is 0 Å². The van der Waals surface area contributed by atoms with Crippen molar-refractivity contribution in [1.29, 1.82) is 0 Å². The molecular formula is C50H78N6O7S. The summed E-state index contributed by atoms with van der Waals surface area (Å²) in [7, 11) is 2.00. The van der Waals surface area contributed by atoms with Crippen LogP contribution in [-0.2, 0) is 35.1 Å². The van der Waals surface area contributed by atoms with Crippen LogP contribution in [0.1, 0.15) is 190 Å². The second-order valence-electron chi connectivity index (χ2n) is 19.2. The van der Waals surface area contributed by atoms with E-state index in [-0.39, 0.29) is 59.9 Å². The molecule has 0 radical (unpaired) electrons. The van der Waals surface area contributed by atoms with E-state index < -0.39 is 35.5 Å². The zero-order valence-corrected chi connectivity index (χ0v) is 40.9. The fourth-order valence-corrected chi connectivity index (χ4v) is 11.1. The van der Waals surface area contributed by atoms with Crippen LogP contribution in [0.3, 0.4) is 0 Å². The third kappa shape index (κ3) is 12.9. The van der Waals surface area contributed by atoms with Gasteiger partial charge in [0.05, 0.1) is 11.5 Å². The van der Waals surface area contributed by atoms with E-state index in [1.165, 1.54) is 37.5 Å². The quantitative estimate of drug-likeness (QED) is 0.103. The zero-order valence-electron chi connectivity index (χ0n) is 40.0. The number of esters is 2. The van der Waals surface area contributed by atoms with Crippen LogP contribution in [0.2, 0.25) is 0 Å². The molecule has 1 aliphatic heterocycles. The van der Waals surface area contributed by atoms with E-state index in [2.05, 4.69) is 15.5 Å². The largest absolute Gasteiger partial charge is 0.462 e. The van der Waals surface area contributed by atoms with Crippen molar-refractivity contribution in [1.82, 2.24) is 25.4 Å². The Bertz CT molecular complexity index is 1880. The lowest BCUT2D eigenvalue weighted by atomic mass is 9.79. The number of benzene rings is 1. The number of likely N-dealkylation sites (N-methyl/N-ethyl adjacent to an activating group) is 2. The number of piperidine rings is 1. The van der Waals surface area contributed by atoms with Gasteiger partial charge >= 0.3 is 11.9 Å². The molecule has 5 rings (SSSR count). The summed E-state index contributed by atoms with van der Waals surface area (Å²) in [6.45, 7) is 14.6. The number of amides is 3. The molecule has 13 nitrogen and oxygen atoms in total. The number of hydrogen-bond donors (Lipinski definition) is 3. The van der Waals surface area contributed by atoms with Crippen LogP contribution in [-0.4, -0.2) is 94.3 Å². The number of ether oxygens (including phenoxy) is 2. The Morgan fingerprint density at radius 1 is 0.984 bits per heavy atom. The molecule has 1 aromatic heterocycles. The number of nitrogens with zero attached hydrogens (tertiary/aromatic N) is 3. The predicted molar refractivity (Wildman–Crippen MR) is 253 cm³/mol. The monoisotopic (exact) mass is 907 g/mol. The molecule has 2 aliphatic carbocycles. The first-order valence-corrected chi connectivity index (χ1v) is 25.3. The molecule has 64 heavy (non-hydrogen) atoms. The first-order valence-electron chi connectivity index (χ1n) is 24.5. The molecule has 1 unspecified atom stereocenters. The Balaban J connectivity index is 1.32. The molecule has 2 heterocycles. The van der Waals surface area contributed by atoms with Crippen molar-refractivity contribution in [2.45, 2.75) is 199 Å². The number of carbonyl (C=O) groups is 5. The van der Waals surface area contributed by atoms with E-state index in [1.54, 1.807) is 5.38 Å². The summed E-state index contributed by atoms with van der Waals surface area (Å²) in [5.74, 6) is -2.17. The summed E-state index contributed by atoms with van der Waals surface area (Å²) >= 11 is 1.23. The van der Waals surface area contributed by atoms with Gasteiger partial charge in [0.1, 0.15) is 22.8 Å². The van der Waals surface area contributed by atoms with Crippen molar-refractivity contribution in [3.8, 4) is 0 Å². The third-order valence-electron chi connectivity index (χ3n) is 14.4. The highest BCUT2D eigenvalue weighted by Crippen LogP contribution is 2.37. The molecule has 0 bridgehead atoms. The number of nitrogens with two attached hydrogens (primary N) is 1. The average Bonchev–Trinajstić information content (AvgIpc) is 3.77. The fraction of sp³-hybridized carbons (Fsp3) is 0.720. The van der Waals surface area contributed by atoms with Crippen molar-refractivity contribution >= 4 is 46.7 Å². The van der Waals surface area contributed by atoms with Crippen LogP contribution in [0.25, 0.3) is 0 Å². The maximum atomic E-state index is 14.7. The molecule has 2 aromatic rings. The maximum absolute atomic E-state index is 14.7. The number of nitrogens with one attached hydrogen (secondary N) is 2. The number of carbonyl (C=O) groups excluding carboxylic acids is 5. The van der Waals surface area contributed by atoms with Crippen LogP contribution >= 0.6 is 11.3 Å². The Hall–Kier alpha value is -4.04. The number of aromatic nitrogens is 1. The number of hydrogen-bond acceptors (Lipinski definition) is 11. The van der Waals surface area contributed by atoms with Gasteiger partial charge in [0.25, 0.3) is 5.91 Å². The summed E-state index contributed by atoms with van der Waals surface area (Å²) in [5, 5.41) is 8.50. The van der Waals surface area contributed by atoms with Gasteiger partial charge in [0.15, 0.2) is 6.10 Å². The standard InChI is InChI=1S/C50H78N6O7S/c1-9-33(6)44(54-49(61)50(10-2)25-19-20-26-55(50)8)47(59)56(11-3)42(32(4)5)30-43(62-34(7)57)46-53-41(31-64-46)45(58)52-37-27-35-23-24-36(51)28-39(35)40(29-37)48(60)63-38-21-17-15-13-12-14-16-18-22-38/h23-24,28,31-33,37-38,40,42-44H,9-22,25-27,29-30,51H2,1-8H3,(H,52,58)(H,54,61)/t33-,37-,40+,42+,43+,44-,50?/m0/s1. The molecule has 1 saturated carbocycles. The third-order valence-corrected chi connectivity index (χ3v) is 15.3. The minimum atomic E-state index is -0.831. The van der Waals surface area contributed by atoms with Crippen molar-refractivity contribution < 1.29 is 33.4 Å². The SMILES string of the molecule is CC[C@H](C)[C@H](NC(=O)C1(CC)CCCCN1C)C(=O)N(CC)[C@H](C[C@@H](OC(C)=O)c1nc(C(=O)N[C@H]2Cc3ccc(N)cc3[C@H](C(=O)OC3CCCCCCCCC3)C2)cs1)C(C)C. The predicted octanol–water partition coefficient (Wildman–Crippen LogP) is 8.65. The first kappa shape index (κ1) is 51.0. The van der Waals surface area contributed by atoms with Crippen LogP contribution < -0.4 is 16.4 Å². The topological polar surface area (TPSA) is 173 Å². The number of rotatable bonds is 17. The van der Waals surface area contributed by atoms with Crippen molar-refractivity contribution in [2.24, 2.45) is 11.8 Å². The van der Waals surface area contributed by atoms with Gasteiger partial charge in [-0.15, -0.1) is 11.3 Å². The number of thiazole rings is 1. The first-order chi connectivity index (χ1) is 30.6. The average molecular weight is 907 g/mol. The number of fused-ring (bicyclic) bond motifs is 1. The Labute approximate surface area is 386 Å². The van der Waals surface area contributed by atoms with E-state index in [1.807, 2.05) is 71.7 Å². The number of anilines is 1. The lowest BCUT2D eigenvalue weighted by Gasteiger charge is -2.45. The minimum absolute atomic E-state index is 0.0466. The molecular weight excluding hydrogens is 829 g/mol. The zero-order chi connectivity index (χ0) is 46.6. The molecule has 1 saturated heterocycles. The minimum Gasteiger partial charge on any atom is -0.462 e. The van der Waals surface area contributed by atoms with Gasteiger partial charge in [-0.25, -0.2) is 4.98 Å². The molecule has 7 atom stereocenters. The van der Waals surface area contributed by atoms with Gasteiger partial charge < -0.3 is 30.7 Å². The highest BCUT2D eigenvalue weighted by atomic mass is 32.1. The smallest absolute Gasteiger partial charge is 0.313 e.